The van der Waals surface area contributed by atoms with Crippen LogP contribution < -0.4 is 10.1 Å². The molecule has 1 aromatic carbocycles. The molecule has 0 aliphatic heterocycles. The molecule has 7 heteroatoms. The maximum absolute atomic E-state index is 13.6. The van der Waals surface area contributed by atoms with Gasteiger partial charge in [0.25, 0.3) is 5.91 Å². The highest BCUT2D eigenvalue weighted by Gasteiger charge is 2.16. The van der Waals surface area contributed by atoms with Crippen LogP contribution in [0.3, 0.4) is 0 Å². The van der Waals surface area contributed by atoms with E-state index in [1.807, 2.05) is 19.2 Å². The van der Waals surface area contributed by atoms with Crippen LogP contribution in [-0.4, -0.2) is 26.8 Å². The molecular weight excluding hydrogens is 335 g/mol. The van der Waals surface area contributed by atoms with E-state index in [-0.39, 0.29) is 11.7 Å². The average Bonchev–Trinajstić information content (AvgIpc) is 3.08. The van der Waals surface area contributed by atoms with E-state index in [0.717, 1.165) is 16.8 Å². The highest BCUT2D eigenvalue weighted by molar-refractivity contribution is 5.80. The molecule has 3 aromatic rings. The van der Waals surface area contributed by atoms with E-state index in [4.69, 9.17) is 4.74 Å². The predicted molar refractivity (Wildman–Crippen MR) is 94.8 cm³/mol. The van der Waals surface area contributed by atoms with Gasteiger partial charge in [-0.05, 0) is 36.8 Å². The van der Waals surface area contributed by atoms with Gasteiger partial charge in [0, 0.05) is 37.7 Å². The summed E-state index contributed by atoms with van der Waals surface area (Å²) < 4.78 is 20.7. The van der Waals surface area contributed by atoms with Gasteiger partial charge in [-0.15, -0.1) is 0 Å². The molecule has 0 bridgehead atoms. The average molecular weight is 354 g/mol. The van der Waals surface area contributed by atoms with E-state index in [1.165, 1.54) is 12.1 Å². The SMILES string of the molecule is C[C@H](Oc1ccccc1F)C(=O)NCc1cncc(-c2ccnn2C)c1. The van der Waals surface area contributed by atoms with E-state index in [2.05, 4.69) is 15.4 Å². The van der Waals surface area contributed by atoms with Gasteiger partial charge in [0.05, 0.1) is 5.69 Å². The number of halogens is 1. The summed E-state index contributed by atoms with van der Waals surface area (Å²) in [4.78, 5) is 16.4. The fourth-order valence-electron chi connectivity index (χ4n) is 2.50. The first-order valence-electron chi connectivity index (χ1n) is 8.16. The Kier molecular flexibility index (Phi) is 5.26. The van der Waals surface area contributed by atoms with Gasteiger partial charge < -0.3 is 10.1 Å². The Morgan fingerprint density at radius 2 is 2.12 bits per heavy atom. The summed E-state index contributed by atoms with van der Waals surface area (Å²) in [6.45, 7) is 1.87. The van der Waals surface area contributed by atoms with Crippen molar-refractivity contribution >= 4 is 5.91 Å². The predicted octanol–water partition coefficient (Wildman–Crippen LogP) is 2.70. The van der Waals surface area contributed by atoms with E-state index in [1.54, 1.807) is 42.3 Å². The Bertz CT molecular complexity index is 910. The minimum Gasteiger partial charge on any atom is -0.478 e. The van der Waals surface area contributed by atoms with Crippen LogP contribution in [-0.2, 0) is 18.4 Å². The lowest BCUT2D eigenvalue weighted by Gasteiger charge is -2.15. The summed E-state index contributed by atoms with van der Waals surface area (Å²) in [6.07, 6.45) is 4.32. The number of hydrogen-bond acceptors (Lipinski definition) is 4. The maximum Gasteiger partial charge on any atom is 0.261 e. The Labute approximate surface area is 150 Å². The van der Waals surface area contributed by atoms with E-state index in [0.29, 0.717) is 6.54 Å². The van der Waals surface area contributed by atoms with Crippen LogP contribution in [0.15, 0.2) is 55.0 Å². The number of benzene rings is 1. The van der Waals surface area contributed by atoms with Gasteiger partial charge in [0.1, 0.15) is 0 Å². The van der Waals surface area contributed by atoms with Crippen molar-refractivity contribution in [3.63, 3.8) is 0 Å². The molecule has 0 unspecified atom stereocenters. The Hall–Kier alpha value is -3.22. The third kappa shape index (κ3) is 4.05. The first-order chi connectivity index (χ1) is 12.5. The lowest BCUT2D eigenvalue weighted by atomic mass is 10.1. The lowest BCUT2D eigenvalue weighted by molar-refractivity contribution is -0.127. The van der Waals surface area contributed by atoms with Crippen LogP contribution in [0.2, 0.25) is 0 Å². The highest BCUT2D eigenvalue weighted by atomic mass is 19.1. The first-order valence-corrected chi connectivity index (χ1v) is 8.16. The van der Waals surface area contributed by atoms with Crippen LogP contribution in [0.5, 0.6) is 5.75 Å². The molecule has 26 heavy (non-hydrogen) atoms. The molecule has 0 spiro atoms. The molecule has 1 atom stereocenters. The minimum atomic E-state index is -0.819. The summed E-state index contributed by atoms with van der Waals surface area (Å²) in [5, 5.41) is 6.92. The fraction of sp³-hybridized carbons (Fsp3) is 0.211. The molecule has 2 aromatic heterocycles. The number of nitrogens with zero attached hydrogens (tertiary/aromatic N) is 3. The molecule has 1 amide bonds. The monoisotopic (exact) mass is 354 g/mol. The van der Waals surface area contributed by atoms with Gasteiger partial charge >= 0.3 is 0 Å². The number of amides is 1. The lowest BCUT2D eigenvalue weighted by Crippen LogP contribution is -2.36. The zero-order chi connectivity index (χ0) is 18.5. The largest absolute Gasteiger partial charge is 0.478 e. The standard InChI is InChI=1S/C19H19FN4O2/c1-13(26-18-6-4-3-5-16(18)20)19(25)22-11-14-9-15(12-21-10-14)17-7-8-23-24(17)2/h3-10,12-13H,11H2,1-2H3,(H,22,25)/t13-/m0/s1. The number of aromatic nitrogens is 3. The number of ether oxygens (including phenoxy) is 1. The molecule has 134 valence electrons. The number of para-hydroxylation sites is 1. The second kappa shape index (κ2) is 7.77. The quantitative estimate of drug-likeness (QED) is 0.739. The van der Waals surface area contributed by atoms with Gasteiger partial charge in [-0.1, -0.05) is 12.1 Å². The van der Waals surface area contributed by atoms with Crippen molar-refractivity contribution in [2.45, 2.75) is 19.6 Å². The van der Waals surface area contributed by atoms with Crippen molar-refractivity contribution in [1.29, 1.82) is 0 Å². The van der Waals surface area contributed by atoms with Crippen molar-refractivity contribution in [3.05, 3.63) is 66.4 Å². The van der Waals surface area contributed by atoms with Crippen LogP contribution in [0, 0.1) is 5.82 Å². The second-order valence-electron chi connectivity index (χ2n) is 5.83. The van der Waals surface area contributed by atoms with E-state index < -0.39 is 11.9 Å². The molecule has 0 saturated heterocycles. The van der Waals surface area contributed by atoms with Crippen molar-refractivity contribution in [1.82, 2.24) is 20.1 Å². The summed E-state index contributed by atoms with van der Waals surface area (Å²) in [5.74, 6) is -0.783. The summed E-state index contributed by atoms with van der Waals surface area (Å²) in [7, 11) is 1.85. The number of carbonyl (C=O) groups excluding carboxylic acids is 1. The molecule has 0 aliphatic rings. The van der Waals surface area contributed by atoms with Crippen LogP contribution >= 0.6 is 0 Å². The third-order valence-electron chi connectivity index (χ3n) is 3.89. The molecule has 2 heterocycles. The molecule has 0 saturated carbocycles. The molecule has 0 fully saturated rings. The van der Waals surface area contributed by atoms with Crippen LogP contribution in [0.1, 0.15) is 12.5 Å². The van der Waals surface area contributed by atoms with Gasteiger partial charge in [0.15, 0.2) is 17.7 Å². The molecule has 3 rings (SSSR count). The van der Waals surface area contributed by atoms with Crippen molar-refractivity contribution < 1.29 is 13.9 Å². The molecular formula is C19H19FN4O2. The summed E-state index contributed by atoms with van der Waals surface area (Å²) >= 11 is 0. The van der Waals surface area contributed by atoms with Crippen molar-refractivity contribution in [3.8, 4) is 17.0 Å². The first kappa shape index (κ1) is 17.6. The zero-order valence-electron chi connectivity index (χ0n) is 14.5. The topological polar surface area (TPSA) is 69.0 Å². The van der Waals surface area contributed by atoms with E-state index in [9.17, 15) is 9.18 Å². The van der Waals surface area contributed by atoms with Crippen LogP contribution in [0.4, 0.5) is 4.39 Å². The number of carbonyl (C=O) groups is 1. The third-order valence-corrected chi connectivity index (χ3v) is 3.89. The summed E-state index contributed by atoms with van der Waals surface area (Å²) in [6, 6.07) is 9.82. The van der Waals surface area contributed by atoms with E-state index >= 15 is 0 Å². The Morgan fingerprint density at radius 1 is 1.31 bits per heavy atom. The number of nitrogens with one attached hydrogen (secondary N) is 1. The zero-order valence-corrected chi connectivity index (χ0v) is 14.5. The number of pyridine rings is 1. The molecule has 0 radical (unpaired) electrons. The van der Waals surface area contributed by atoms with Gasteiger partial charge in [0.2, 0.25) is 0 Å². The number of aryl methyl sites for hydroxylation is 1. The summed E-state index contributed by atoms with van der Waals surface area (Å²) in [5.41, 5.74) is 2.68. The minimum absolute atomic E-state index is 0.0509. The molecule has 1 N–H and O–H groups in total. The van der Waals surface area contributed by atoms with Gasteiger partial charge in [-0.25, -0.2) is 4.39 Å². The molecule has 0 aliphatic carbocycles. The van der Waals surface area contributed by atoms with Gasteiger partial charge in [-0.3, -0.25) is 14.5 Å². The van der Waals surface area contributed by atoms with Crippen molar-refractivity contribution in [2.24, 2.45) is 7.05 Å². The number of rotatable bonds is 6. The Morgan fingerprint density at radius 3 is 2.85 bits per heavy atom. The fourth-order valence-corrected chi connectivity index (χ4v) is 2.50. The van der Waals surface area contributed by atoms with Gasteiger partial charge in [-0.2, -0.15) is 5.10 Å². The van der Waals surface area contributed by atoms with Crippen LogP contribution in [0.25, 0.3) is 11.3 Å². The number of hydrogen-bond donors (Lipinski definition) is 1. The van der Waals surface area contributed by atoms with Crippen molar-refractivity contribution in [2.75, 3.05) is 0 Å². The second-order valence-corrected chi connectivity index (χ2v) is 5.83. The maximum atomic E-state index is 13.6. The molecule has 6 nitrogen and oxygen atoms in total. The normalized spacial score (nSPS) is 11.8. The highest BCUT2D eigenvalue weighted by Crippen LogP contribution is 2.19. The Balaban J connectivity index is 1.61. The smallest absolute Gasteiger partial charge is 0.261 e.